The molecule has 0 heterocycles. The van der Waals surface area contributed by atoms with E-state index in [-0.39, 0.29) is 10.8 Å². The molecule has 0 aromatic carbocycles. The molecule has 0 amide bonds. The van der Waals surface area contributed by atoms with E-state index in [1.54, 1.807) is 0 Å². The van der Waals surface area contributed by atoms with Gasteiger partial charge in [-0.05, 0) is 81.5 Å². The molecular weight excluding hydrogens is 392 g/mol. The highest BCUT2D eigenvalue weighted by Crippen LogP contribution is 2.67. The molecule has 0 bridgehead atoms. The third-order valence-electron chi connectivity index (χ3n) is 9.15. The van der Waals surface area contributed by atoms with Crippen molar-refractivity contribution < 1.29 is 27.5 Å². The van der Waals surface area contributed by atoms with E-state index in [4.69, 9.17) is 14.0 Å². The van der Waals surface area contributed by atoms with Crippen LogP contribution in [0.2, 0.25) is 0 Å². The van der Waals surface area contributed by atoms with Crippen LogP contribution in [0.15, 0.2) is 0 Å². The third kappa shape index (κ3) is 3.79. The summed E-state index contributed by atoms with van der Waals surface area (Å²) >= 11 is 0. The molecule has 0 spiro atoms. The van der Waals surface area contributed by atoms with E-state index >= 15 is 0 Å². The molecule has 7 atom stereocenters. The van der Waals surface area contributed by atoms with Gasteiger partial charge in [0.05, 0.1) is 31.2 Å². The number of fused-ring (bicyclic) bond motifs is 5. The molecule has 0 radical (unpaired) electrons. The summed E-state index contributed by atoms with van der Waals surface area (Å²) in [4.78, 5) is 10.8. The molecule has 7 heteroatoms. The van der Waals surface area contributed by atoms with Crippen molar-refractivity contribution in [2.75, 3.05) is 19.5 Å². The summed E-state index contributed by atoms with van der Waals surface area (Å²) in [7, 11) is -3.50. The van der Waals surface area contributed by atoms with Crippen LogP contribution in [0.4, 0.5) is 0 Å². The lowest BCUT2D eigenvalue weighted by Crippen LogP contribution is -2.63. The van der Waals surface area contributed by atoms with Crippen molar-refractivity contribution in [1.82, 2.24) is 0 Å². The molecule has 4 saturated carbocycles. The highest BCUT2D eigenvalue weighted by atomic mass is 32.2. The molecule has 29 heavy (non-hydrogen) atoms. The van der Waals surface area contributed by atoms with Gasteiger partial charge < -0.3 is 5.11 Å². The van der Waals surface area contributed by atoms with Gasteiger partial charge in [0.2, 0.25) is 0 Å². The molecule has 4 aliphatic rings. The third-order valence-corrected chi connectivity index (χ3v) is 9.77. The molecule has 6 nitrogen and oxygen atoms in total. The number of hydrogen-bond acceptors (Lipinski definition) is 6. The zero-order valence-corrected chi connectivity index (χ0v) is 19.0. The van der Waals surface area contributed by atoms with E-state index in [1.165, 1.54) is 19.3 Å². The molecule has 0 aliphatic heterocycles. The van der Waals surface area contributed by atoms with Gasteiger partial charge in [-0.3, -0.25) is 4.18 Å². The standard InChI is InChI=1S/C22H38O6S/c1-4-26-27-15-21-10-5-6-19(21)17-8-13-22(23)14-16(28-29(3,24)25)7-11-20(22,2)18(17)9-12-21/h16-19,23H,4-15H2,1-3H3/t16-,17+,18-,19-,20+,21-,22+/m0/s1. The zero-order chi connectivity index (χ0) is 20.9. The topological polar surface area (TPSA) is 82.1 Å². The zero-order valence-electron chi connectivity index (χ0n) is 18.2. The predicted octanol–water partition coefficient (Wildman–Crippen LogP) is 3.83. The highest BCUT2D eigenvalue weighted by molar-refractivity contribution is 7.86. The summed E-state index contributed by atoms with van der Waals surface area (Å²) in [5, 5.41) is 11.7. The SMILES string of the molecule is CCOOC[C@@]12CCC[C@H]1[C@@H]1CC[C@@]3(O)C[C@@H](OS(C)(=O)=O)CC[C@]3(C)[C@H]1CC2. The molecule has 0 saturated heterocycles. The van der Waals surface area contributed by atoms with Crippen molar-refractivity contribution in [3.8, 4) is 0 Å². The van der Waals surface area contributed by atoms with Gasteiger partial charge in [-0.2, -0.15) is 8.42 Å². The molecular formula is C22H38O6S. The average Bonchev–Trinajstić information content (AvgIpc) is 3.06. The van der Waals surface area contributed by atoms with Crippen LogP contribution in [0, 0.1) is 28.6 Å². The van der Waals surface area contributed by atoms with Gasteiger partial charge in [0, 0.05) is 11.8 Å². The smallest absolute Gasteiger partial charge is 0.264 e. The Hall–Kier alpha value is -0.210. The fourth-order valence-electron chi connectivity index (χ4n) is 7.83. The minimum Gasteiger partial charge on any atom is -0.389 e. The molecule has 168 valence electrons. The van der Waals surface area contributed by atoms with E-state index < -0.39 is 21.8 Å². The number of aliphatic hydroxyl groups is 1. The molecule has 4 aliphatic carbocycles. The second-order valence-electron chi connectivity index (χ2n) is 10.5. The molecule has 0 unspecified atom stereocenters. The largest absolute Gasteiger partial charge is 0.389 e. The first-order valence-corrected chi connectivity index (χ1v) is 13.3. The highest BCUT2D eigenvalue weighted by Gasteiger charge is 2.64. The predicted molar refractivity (Wildman–Crippen MR) is 109 cm³/mol. The average molecular weight is 431 g/mol. The first-order chi connectivity index (χ1) is 13.6. The van der Waals surface area contributed by atoms with Gasteiger partial charge in [-0.25, -0.2) is 9.78 Å². The second-order valence-corrected chi connectivity index (χ2v) is 12.1. The molecule has 0 aromatic heterocycles. The van der Waals surface area contributed by atoms with Gasteiger partial charge in [0.15, 0.2) is 0 Å². The Kier molecular flexibility index (Phi) is 5.87. The van der Waals surface area contributed by atoms with Gasteiger partial charge in [0.25, 0.3) is 10.1 Å². The van der Waals surface area contributed by atoms with E-state index in [9.17, 15) is 13.5 Å². The van der Waals surface area contributed by atoms with Crippen LogP contribution >= 0.6 is 0 Å². The Labute approximate surface area is 175 Å². The lowest BCUT2D eigenvalue weighted by molar-refractivity contribution is -0.316. The number of hydrogen-bond donors (Lipinski definition) is 1. The van der Waals surface area contributed by atoms with Crippen LogP contribution in [-0.2, 0) is 24.1 Å². The summed E-state index contributed by atoms with van der Waals surface area (Å²) in [5.74, 6) is 1.76. The quantitative estimate of drug-likeness (QED) is 0.298. The summed E-state index contributed by atoms with van der Waals surface area (Å²) in [6, 6.07) is 0. The maximum absolute atomic E-state index is 11.7. The summed E-state index contributed by atoms with van der Waals surface area (Å²) in [6.45, 7) is 5.49. The molecule has 4 fully saturated rings. The molecule has 1 N–H and O–H groups in total. The first-order valence-electron chi connectivity index (χ1n) is 11.5. The van der Waals surface area contributed by atoms with Crippen molar-refractivity contribution in [2.45, 2.75) is 89.8 Å². The molecule has 4 rings (SSSR count). The minimum atomic E-state index is -3.50. The Morgan fingerprint density at radius 1 is 1.00 bits per heavy atom. The summed E-state index contributed by atoms with van der Waals surface area (Å²) in [5.41, 5.74) is -0.760. The fraction of sp³-hybridized carbons (Fsp3) is 1.00. The normalized spacial score (nSPS) is 47.3. The monoisotopic (exact) mass is 430 g/mol. The van der Waals surface area contributed by atoms with E-state index in [0.717, 1.165) is 38.4 Å². The van der Waals surface area contributed by atoms with Crippen molar-refractivity contribution >= 4 is 10.1 Å². The number of rotatable bonds is 6. The first kappa shape index (κ1) is 22.0. The van der Waals surface area contributed by atoms with Crippen molar-refractivity contribution in [2.24, 2.45) is 28.6 Å². The van der Waals surface area contributed by atoms with E-state index in [0.29, 0.717) is 43.8 Å². The Balaban J connectivity index is 1.53. The van der Waals surface area contributed by atoms with Crippen molar-refractivity contribution in [3.63, 3.8) is 0 Å². The minimum absolute atomic E-state index is 0.164. The van der Waals surface area contributed by atoms with Crippen LogP contribution in [0.5, 0.6) is 0 Å². The van der Waals surface area contributed by atoms with Gasteiger partial charge in [-0.1, -0.05) is 13.3 Å². The van der Waals surface area contributed by atoms with E-state index in [1.807, 2.05) is 6.92 Å². The second kappa shape index (κ2) is 7.73. The van der Waals surface area contributed by atoms with Crippen LogP contribution in [0.3, 0.4) is 0 Å². The van der Waals surface area contributed by atoms with Gasteiger partial charge in [-0.15, -0.1) is 0 Å². The van der Waals surface area contributed by atoms with Crippen LogP contribution in [-0.4, -0.2) is 44.7 Å². The Morgan fingerprint density at radius 2 is 1.79 bits per heavy atom. The maximum atomic E-state index is 11.7. The Bertz CT molecular complexity index is 710. The van der Waals surface area contributed by atoms with Crippen LogP contribution in [0.1, 0.15) is 78.1 Å². The van der Waals surface area contributed by atoms with Gasteiger partial charge >= 0.3 is 0 Å². The van der Waals surface area contributed by atoms with Gasteiger partial charge in [0.1, 0.15) is 0 Å². The summed E-state index contributed by atoms with van der Waals surface area (Å²) < 4.78 is 28.5. The van der Waals surface area contributed by atoms with Crippen LogP contribution < -0.4 is 0 Å². The lowest BCUT2D eigenvalue weighted by atomic mass is 9.43. The molecule has 0 aromatic rings. The van der Waals surface area contributed by atoms with Crippen molar-refractivity contribution in [1.29, 1.82) is 0 Å². The van der Waals surface area contributed by atoms with E-state index in [2.05, 4.69) is 6.92 Å². The summed E-state index contributed by atoms with van der Waals surface area (Å²) in [6.07, 6.45) is 10.4. The van der Waals surface area contributed by atoms with Crippen LogP contribution in [0.25, 0.3) is 0 Å². The Morgan fingerprint density at radius 3 is 2.52 bits per heavy atom. The van der Waals surface area contributed by atoms with Crippen molar-refractivity contribution in [3.05, 3.63) is 0 Å². The maximum Gasteiger partial charge on any atom is 0.264 e. The lowest BCUT2D eigenvalue weighted by Gasteiger charge is -2.63. The fourth-order valence-corrected chi connectivity index (χ4v) is 8.49.